The van der Waals surface area contributed by atoms with Crippen LogP contribution in [0.1, 0.15) is 54.9 Å². The molecule has 19 heavy (non-hydrogen) atoms. The predicted octanol–water partition coefficient (Wildman–Crippen LogP) is 3.86. The predicted molar refractivity (Wildman–Crippen MR) is 76.8 cm³/mol. The highest BCUT2D eigenvalue weighted by atomic mass is 16.1. The Bertz CT molecular complexity index is 550. The van der Waals surface area contributed by atoms with Crippen LogP contribution in [0.15, 0.2) is 22.3 Å². The van der Waals surface area contributed by atoms with Crippen LogP contribution >= 0.6 is 0 Å². The van der Waals surface area contributed by atoms with Gasteiger partial charge in [0.2, 0.25) is 0 Å². The van der Waals surface area contributed by atoms with Crippen LogP contribution in [-0.2, 0) is 9.59 Å². The highest BCUT2D eigenvalue weighted by Crippen LogP contribution is 2.59. The van der Waals surface area contributed by atoms with Crippen LogP contribution in [0.2, 0.25) is 0 Å². The fourth-order valence-corrected chi connectivity index (χ4v) is 4.02. The van der Waals surface area contributed by atoms with Gasteiger partial charge < -0.3 is 0 Å². The molecule has 2 aliphatic carbocycles. The summed E-state index contributed by atoms with van der Waals surface area (Å²) in [6.07, 6.45) is 0.713. The third kappa shape index (κ3) is 1.43. The lowest BCUT2D eigenvalue weighted by Crippen LogP contribution is -2.49. The Morgan fingerprint density at radius 2 is 1.47 bits per heavy atom. The molecule has 0 saturated carbocycles. The molecule has 0 saturated heterocycles. The van der Waals surface area contributed by atoms with Crippen LogP contribution < -0.4 is 0 Å². The average Bonchev–Trinajstić information content (AvgIpc) is 2.66. The fourth-order valence-electron chi connectivity index (χ4n) is 4.02. The third-order valence-corrected chi connectivity index (χ3v) is 6.17. The summed E-state index contributed by atoms with van der Waals surface area (Å²) >= 11 is 0. The number of Topliss-reactive ketones (excluding diaryl/α,β-unsaturated/α-hetero) is 2. The molecule has 0 aromatic heterocycles. The molecule has 3 atom stereocenters. The van der Waals surface area contributed by atoms with E-state index in [2.05, 4.69) is 6.92 Å². The van der Waals surface area contributed by atoms with Crippen molar-refractivity contribution >= 4 is 11.6 Å². The van der Waals surface area contributed by atoms with Gasteiger partial charge in [0, 0.05) is 10.8 Å². The van der Waals surface area contributed by atoms with Crippen LogP contribution in [0.25, 0.3) is 0 Å². The minimum absolute atomic E-state index is 0.132. The van der Waals surface area contributed by atoms with E-state index in [4.69, 9.17) is 0 Å². The molecule has 2 heteroatoms. The van der Waals surface area contributed by atoms with Gasteiger partial charge in [-0.25, -0.2) is 0 Å². The van der Waals surface area contributed by atoms with Crippen molar-refractivity contribution in [2.24, 2.45) is 16.7 Å². The van der Waals surface area contributed by atoms with Crippen LogP contribution in [0, 0.1) is 16.7 Å². The number of rotatable bonds is 1. The second kappa shape index (κ2) is 3.91. The molecule has 0 fully saturated rings. The van der Waals surface area contributed by atoms with E-state index in [0.29, 0.717) is 6.42 Å². The van der Waals surface area contributed by atoms with E-state index in [9.17, 15) is 9.59 Å². The first-order valence-corrected chi connectivity index (χ1v) is 7.02. The van der Waals surface area contributed by atoms with Gasteiger partial charge in [-0.2, -0.15) is 0 Å². The molecule has 0 heterocycles. The molecule has 0 bridgehead atoms. The van der Waals surface area contributed by atoms with Crippen molar-refractivity contribution in [1.82, 2.24) is 0 Å². The maximum atomic E-state index is 12.8. The highest BCUT2D eigenvalue weighted by molar-refractivity contribution is 6.11. The molecule has 0 aromatic rings. The summed E-state index contributed by atoms with van der Waals surface area (Å²) in [6.45, 7) is 13.9. The Morgan fingerprint density at radius 1 is 0.947 bits per heavy atom. The summed E-state index contributed by atoms with van der Waals surface area (Å²) in [4.78, 5) is 25.5. The van der Waals surface area contributed by atoms with Gasteiger partial charge in [0.05, 0.1) is 0 Å². The molecule has 2 nitrogen and oxygen atoms in total. The number of carbonyl (C=O) groups is 2. The van der Waals surface area contributed by atoms with E-state index in [1.54, 1.807) is 0 Å². The zero-order chi connectivity index (χ0) is 14.7. The summed E-state index contributed by atoms with van der Waals surface area (Å²) < 4.78 is 0. The summed E-state index contributed by atoms with van der Waals surface area (Å²) in [5, 5.41) is 0. The van der Waals surface area contributed by atoms with Crippen molar-refractivity contribution in [2.75, 3.05) is 0 Å². The van der Waals surface area contributed by atoms with Gasteiger partial charge in [-0.15, -0.1) is 0 Å². The first-order valence-electron chi connectivity index (χ1n) is 7.02. The Hall–Kier alpha value is -1.18. The molecule has 0 radical (unpaired) electrons. The monoisotopic (exact) mass is 260 g/mol. The van der Waals surface area contributed by atoms with Crippen LogP contribution in [0.5, 0.6) is 0 Å². The zero-order valence-corrected chi connectivity index (χ0v) is 13.1. The Labute approximate surface area is 116 Å². The van der Waals surface area contributed by atoms with Gasteiger partial charge in [0.15, 0.2) is 11.6 Å². The first kappa shape index (κ1) is 14.2. The van der Waals surface area contributed by atoms with E-state index in [-0.39, 0.29) is 17.5 Å². The van der Waals surface area contributed by atoms with Crippen molar-refractivity contribution in [3.05, 3.63) is 22.3 Å². The van der Waals surface area contributed by atoms with Crippen molar-refractivity contribution in [2.45, 2.75) is 54.9 Å². The second-order valence-electron chi connectivity index (χ2n) is 6.80. The topological polar surface area (TPSA) is 34.1 Å². The highest BCUT2D eigenvalue weighted by Gasteiger charge is 2.62. The standard InChI is InChI=1S/C17H24O2/c1-9-8-16(6,14(18)10(9)2)17(7)13(5)11(3)12(4)15(17)19/h13H,8H2,1-7H3. The molecule has 0 amide bonds. The van der Waals surface area contributed by atoms with Gasteiger partial charge in [-0.1, -0.05) is 31.9 Å². The normalized spacial score (nSPS) is 39.8. The molecule has 0 aliphatic heterocycles. The Morgan fingerprint density at radius 3 is 1.79 bits per heavy atom. The van der Waals surface area contributed by atoms with Crippen molar-refractivity contribution in [3.63, 3.8) is 0 Å². The molecule has 104 valence electrons. The molecular weight excluding hydrogens is 236 g/mol. The van der Waals surface area contributed by atoms with E-state index >= 15 is 0 Å². The summed E-state index contributed by atoms with van der Waals surface area (Å²) in [5.41, 5.74) is 2.80. The van der Waals surface area contributed by atoms with E-state index in [0.717, 1.165) is 22.3 Å². The molecule has 0 aromatic carbocycles. The Balaban J connectivity index is 2.56. The lowest BCUT2D eigenvalue weighted by atomic mass is 9.56. The van der Waals surface area contributed by atoms with Crippen LogP contribution in [0.4, 0.5) is 0 Å². The Kier molecular flexibility index (Phi) is 2.93. The van der Waals surface area contributed by atoms with Crippen LogP contribution in [0.3, 0.4) is 0 Å². The van der Waals surface area contributed by atoms with Gasteiger partial charge in [0.1, 0.15) is 0 Å². The lowest BCUT2D eigenvalue weighted by Gasteiger charge is -2.43. The number of allylic oxidation sites excluding steroid dienone is 4. The largest absolute Gasteiger partial charge is 0.294 e. The third-order valence-electron chi connectivity index (χ3n) is 6.17. The molecule has 0 spiro atoms. The summed E-state index contributed by atoms with van der Waals surface area (Å²) in [7, 11) is 0. The number of hydrogen-bond acceptors (Lipinski definition) is 2. The second-order valence-corrected chi connectivity index (χ2v) is 6.80. The lowest BCUT2D eigenvalue weighted by molar-refractivity contribution is -0.142. The van der Waals surface area contributed by atoms with Gasteiger partial charge in [0.25, 0.3) is 0 Å². The maximum Gasteiger partial charge on any atom is 0.165 e. The van der Waals surface area contributed by atoms with Gasteiger partial charge in [-0.3, -0.25) is 9.59 Å². The van der Waals surface area contributed by atoms with Crippen molar-refractivity contribution < 1.29 is 9.59 Å². The fraction of sp³-hybridized carbons (Fsp3) is 0.647. The van der Waals surface area contributed by atoms with Crippen molar-refractivity contribution in [1.29, 1.82) is 0 Å². The maximum absolute atomic E-state index is 12.8. The number of hydrogen-bond donors (Lipinski definition) is 0. The molecule has 0 N–H and O–H groups in total. The molecule has 2 rings (SSSR count). The summed E-state index contributed by atoms with van der Waals surface area (Å²) in [5.74, 6) is 0.457. The summed E-state index contributed by atoms with van der Waals surface area (Å²) in [6, 6.07) is 0. The van der Waals surface area contributed by atoms with E-state index in [1.165, 1.54) is 0 Å². The molecule has 3 unspecified atom stereocenters. The van der Waals surface area contributed by atoms with Gasteiger partial charge in [-0.05, 0) is 51.2 Å². The number of carbonyl (C=O) groups excluding carboxylic acids is 2. The van der Waals surface area contributed by atoms with E-state index < -0.39 is 10.8 Å². The van der Waals surface area contributed by atoms with E-state index in [1.807, 2.05) is 41.5 Å². The van der Waals surface area contributed by atoms with Crippen LogP contribution in [-0.4, -0.2) is 11.6 Å². The first-order chi connectivity index (χ1) is 8.59. The average molecular weight is 260 g/mol. The smallest absolute Gasteiger partial charge is 0.165 e. The minimum Gasteiger partial charge on any atom is -0.294 e. The minimum atomic E-state index is -0.600. The molecular formula is C17H24O2. The SMILES string of the molecule is CC1=C(C)C(=O)C(C)(C2(C)C(=O)C(C)=C(C)C2C)C1. The van der Waals surface area contributed by atoms with Gasteiger partial charge >= 0.3 is 0 Å². The quantitative estimate of drug-likeness (QED) is 0.717. The number of ketones is 2. The molecule has 2 aliphatic rings. The van der Waals surface area contributed by atoms with Crippen molar-refractivity contribution in [3.8, 4) is 0 Å². The zero-order valence-electron chi connectivity index (χ0n) is 13.1.